The topological polar surface area (TPSA) is 84.2 Å². The Hall–Kier alpha value is -3.04. The third-order valence-corrected chi connectivity index (χ3v) is 3.82. The molecule has 1 N–H and O–H groups in total. The molecule has 0 aliphatic rings. The summed E-state index contributed by atoms with van der Waals surface area (Å²) in [5.41, 5.74) is 1.11. The Balaban J connectivity index is 2.02. The standard InChI is InChI=1S/C17H13ClN4O2/c18-12-5-7-13(8-6-12)20-16(23)15-17(24)22(11-3-9-19)14-4-1-2-10-21(14)15/h1-2,4-8,10H,3,11H2,(H-,20,23,24). The van der Waals surface area contributed by atoms with E-state index in [-0.39, 0.29) is 18.7 Å². The summed E-state index contributed by atoms with van der Waals surface area (Å²) in [6.07, 6.45) is 1.84. The van der Waals surface area contributed by atoms with Crippen LogP contribution in [0.25, 0.3) is 5.65 Å². The second kappa shape index (κ2) is 6.60. The molecular weight excluding hydrogens is 328 g/mol. The Bertz CT molecular complexity index is 942. The summed E-state index contributed by atoms with van der Waals surface area (Å²) in [6, 6.07) is 13.9. The molecule has 24 heavy (non-hydrogen) atoms. The van der Waals surface area contributed by atoms with Gasteiger partial charge in [0.25, 0.3) is 11.6 Å². The fraction of sp³-hybridized carbons (Fsp3) is 0.118. The Labute approximate surface area is 143 Å². The van der Waals surface area contributed by atoms with Crippen molar-refractivity contribution in [2.24, 2.45) is 0 Å². The predicted molar refractivity (Wildman–Crippen MR) is 86.7 cm³/mol. The highest BCUT2D eigenvalue weighted by molar-refractivity contribution is 6.30. The number of aromatic nitrogens is 2. The number of halogens is 1. The van der Waals surface area contributed by atoms with Gasteiger partial charge in [0.2, 0.25) is 5.69 Å². The summed E-state index contributed by atoms with van der Waals surface area (Å²) in [6.45, 7) is 0.233. The second-order valence-corrected chi connectivity index (χ2v) is 5.54. The van der Waals surface area contributed by atoms with Gasteiger partial charge >= 0.3 is 0 Å². The van der Waals surface area contributed by atoms with Gasteiger partial charge in [-0.15, -0.1) is 0 Å². The normalized spacial score (nSPS) is 10.5. The van der Waals surface area contributed by atoms with Crippen LogP contribution >= 0.6 is 11.6 Å². The maximum absolute atomic E-state index is 12.6. The van der Waals surface area contributed by atoms with Crippen LogP contribution in [0.1, 0.15) is 16.9 Å². The first-order valence-corrected chi connectivity index (χ1v) is 7.63. The molecule has 3 aromatic rings. The Kier molecular flexibility index (Phi) is 4.36. The van der Waals surface area contributed by atoms with E-state index in [1.807, 2.05) is 6.07 Å². The van der Waals surface area contributed by atoms with E-state index in [0.29, 0.717) is 16.4 Å². The number of rotatable bonds is 4. The number of hydrogen-bond donors (Lipinski definition) is 1. The van der Waals surface area contributed by atoms with Crippen LogP contribution in [0.15, 0.2) is 48.7 Å². The summed E-state index contributed by atoms with van der Waals surface area (Å²) in [7, 11) is 0. The Morgan fingerprint density at radius 3 is 2.75 bits per heavy atom. The van der Waals surface area contributed by atoms with Gasteiger partial charge in [0.1, 0.15) is 12.4 Å². The molecule has 120 valence electrons. The van der Waals surface area contributed by atoms with E-state index < -0.39 is 11.8 Å². The number of nitrogens with one attached hydrogen (secondary N) is 1. The zero-order chi connectivity index (χ0) is 17.1. The minimum absolute atomic E-state index is 0.00140. The third-order valence-electron chi connectivity index (χ3n) is 3.57. The van der Waals surface area contributed by atoms with Crippen LogP contribution in [0.5, 0.6) is 5.88 Å². The van der Waals surface area contributed by atoms with Gasteiger partial charge in [-0.05, 0) is 30.3 Å². The number of amides is 1. The van der Waals surface area contributed by atoms with E-state index in [0.717, 1.165) is 0 Å². The van der Waals surface area contributed by atoms with Crippen molar-refractivity contribution >= 4 is 28.8 Å². The average molecular weight is 341 g/mol. The molecular formula is C17H13ClN4O2. The minimum Gasteiger partial charge on any atom is -0.839 e. The van der Waals surface area contributed by atoms with Crippen molar-refractivity contribution in [1.29, 1.82) is 5.26 Å². The van der Waals surface area contributed by atoms with Gasteiger partial charge in [-0.3, -0.25) is 4.79 Å². The van der Waals surface area contributed by atoms with Gasteiger partial charge in [0.15, 0.2) is 0 Å². The van der Waals surface area contributed by atoms with E-state index in [1.54, 1.807) is 48.7 Å². The van der Waals surface area contributed by atoms with E-state index in [4.69, 9.17) is 16.9 Å². The van der Waals surface area contributed by atoms with E-state index in [2.05, 4.69) is 5.32 Å². The first-order valence-electron chi connectivity index (χ1n) is 7.25. The summed E-state index contributed by atoms with van der Waals surface area (Å²) in [5.74, 6) is -0.942. The fourth-order valence-electron chi connectivity index (χ4n) is 2.49. The maximum atomic E-state index is 12.6. The lowest BCUT2D eigenvalue weighted by Crippen LogP contribution is -2.36. The first kappa shape index (κ1) is 15.8. The highest BCUT2D eigenvalue weighted by Gasteiger charge is 2.24. The molecule has 1 amide bonds. The third kappa shape index (κ3) is 2.90. The van der Waals surface area contributed by atoms with Crippen LogP contribution in [0, 0.1) is 11.3 Å². The zero-order valence-electron chi connectivity index (χ0n) is 12.6. The zero-order valence-corrected chi connectivity index (χ0v) is 13.3. The number of hydrogen-bond acceptors (Lipinski definition) is 3. The number of benzene rings is 1. The van der Waals surface area contributed by atoms with Crippen LogP contribution in [-0.4, -0.2) is 10.3 Å². The van der Waals surface area contributed by atoms with Crippen molar-refractivity contribution in [1.82, 2.24) is 4.40 Å². The van der Waals surface area contributed by atoms with Crippen LogP contribution in [0.4, 0.5) is 5.69 Å². The number of nitrogens with zero attached hydrogens (tertiary/aromatic N) is 3. The molecule has 0 aliphatic carbocycles. The molecule has 0 bridgehead atoms. The Morgan fingerprint density at radius 1 is 1.29 bits per heavy atom. The maximum Gasteiger partial charge on any atom is 0.299 e. The van der Waals surface area contributed by atoms with Crippen molar-refractivity contribution in [3.8, 4) is 11.9 Å². The van der Waals surface area contributed by atoms with Gasteiger partial charge < -0.3 is 10.4 Å². The number of carbonyl (C=O) groups excluding carboxylic acids is 1. The summed E-state index contributed by atoms with van der Waals surface area (Å²) < 4.78 is 2.96. The molecule has 0 aliphatic heterocycles. The second-order valence-electron chi connectivity index (χ2n) is 5.10. The number of nitriles is 1. The quantitative estimate of drug-likeness (QED) is 0.738. The molecule has 6 nitrogen and oxygen atoms in total. The Morgan fingerprint density at radius 2 is 2.04 bits per heavy atom. The number of fused-ring (bicyclic) bond motifs is 1. The molecule has 2 aromatic heterocycles. The van der Waals surface area contributed by atoms with E-state index >= 15 is 0 Å². The highest BCUT2D eigenvalue weighted by Crippen LogP contribution is 2.18. The largest absolute Gasteiger partial charge is 0.839 e. The molecule has 0 fully saturated rings. The monoisotopic (exact) mass is 340 g/mol. The van der Waals surface area contributed by atoms with Crippen LogP contribution in [0.2, 0.25) is 5.02 Å². The van der Waals surface area contributed by atoms with Gasteiger partial charge in [0.05, 0.1) is 18.7 Å². The van der Waals surface area contributed by atoms with Gasteiger partial charge in [-0.2, -0.15) is 9.66 Å². The van der Waals surface area contributed by atoms with Crippen LogP contribution < -0.4 is 15.0 Å². The number of carbonyl (C=O) groups is 1. The summed E-state index contributed by atoms with van der Waals surface area (Å²) in [4.78, 5) is 12.6. The van der Waals surface area contributed by atoms with Gasteiger partial charge in [-0.25, -0.2) is 4.57 Å². The highest BCUT2D eigenvalue weighted by atomic mass is 35.5. The summed E-state index contributed by atoms with van der Waals surface area (Å²) >= 11 is 5.82. The fourth-order valence-corrected chi connectivity index (χ4v) is 2.61. The van der Waals surface area contributed by atoms with Gasteiger partial charge in [0, 0.05) is 16.8 Å². The minimum atomic E-state index is -0.515. The SMILES string of the molecule is N#CCC[n+]1c([O-])c(C(=O)Nc2ccc(Cl)cc2)n2ccccc21. The lowest BCUT2D eigenvalue weighted by molar-refractivity contribution is -0.711. The lowest BCUT2D eigenvalue weighted by Gasteiger charge is -2.07. The first-order chi connectivity index (χ1) is 11.6. The molecule has 1 aromatic carbocycles. The average Bonchev–Trinajstić information content (AvgIpc) is 2.86. The number of aryl methyl sites for hydroxylation is 1. The van der Waals surface area contributed by atoms with Crippen LogP contribution in [-0.2, 0) is 6.54 Å². The van der Waals surface area contributed by atoms with Crippen molar-refractivity contribution in [3.05, 3.63) is 59.4 Å². The molecule has 0 radical (unpaired) electrons. The van der Waals surface area contributed by atoms with Crippen LogP contribution in [0.3, 0.4) is 0 Å². The molecule has 2 heterocycles. The number of pyridine rings is 1. The molecule has 0 atom stereocenters. The van der Waals surface area contributed by atoms with Gasteiger partial charge in [-0.1, -0.05) is 17.7 Å². The molecule has 0 spiro atoms. The molecule has 3 rings (SSSR count). The predicted octanol–water partition coefficient (Wildman–Crippen LogP) is 2.12. The van der Waals surface area contributed by atoms with Crippen molar-refractivity contribution in [3.63, 3.8) is 0 Å². The molecule has 0 unspecified atom stereocenters. The molecule has 0 saturated heterocycles. The number of anilines is 1. The van der Waals surface area contributed by atoms with E-state index in [1.165, 1.54) is 8.97 Å². The van der Waals surface area contributed by atoms with Crippen molar-refractivity contribution in [2.45, 2.75) is 13.0 Å². The van der Waals surface area contributed by atoms with Crippen molar-refractivity contribution in [2.75, 3.05) is 5.32 Å². The molecule has 7 heteroatoms. The summed E-state index contributed by atoms with van der Waals surface area (Å²) in [5, 5.41) is 24.6. The lowest BCUT2D eigenvalue weighted by atomic mass is 10.3. The van der Waals surface area contributed by atoms with Crippen molar-refractivity contribution < 1.29 is 14.5 Å². The molecule has 0 saturated carbocycles. The van der Waals surface area contributed by atoms with E-state index in [9.17, 15) is 9.90 Å². The smallest absolute Gasteiger partial charge is 0.299 e. The number of imidazole rings is 1.